The maximum absolute atomic E-state index is 5.43. The van der Waals surface area contributed by atoms with E-state index in [0.29, 0.717) is 11.8 Å². The molecule has 0 radical (unpaired) electrons. The summed E-state index contributed by atoms with van der Waals surface area (Å²) in [5.74, 6) is 2.05. The van der Waals surface area contributed by atoms with Crippen LogP contribution in [0.3, 0.4) is 0 Å². The normalized spacial score (nSPS) is 18.0. The van der Waals surface area contributed by atoms with E-state index in [0.717, 1.165) is 18.1 Å². The maximum atomic E-state index is 5.43. The van der Waals surface area contributed by atoms with Gasteiger partial charge in [-0.2, -0.15) is 4.98 Å². The molecule has 0 spiro atoms. The van der Waals surface area contributed by atoms with Gasteiger partial charge in [-0.05, 0) is 19.8 Å². The minimum Gasteiger partial charge on any atom is -0.338 e. The van der Waals surface area contributed by atoms with Gasteiger partial charge in [0.25, 0.3) is 0 Å². The van der Waals surface area contributed by atoms with E-state index in [1.807, 2.05) is 17.8 Å². The number of rotatable bonds is 5. The summed E-state index contributed by atoms with van der Waals surface area (Å²) in [7, 11) is 1.99. The summed E-state index contributed by atoms with van der Waals surface area (Å²) in [6.45, 7) is 2.79. The van der Waals surface area contributed by atoms with E-state index in [-0.39, 0.29) is 6.04 Å². The molecule has 2 heterocycles. The summed E-state index contributed by atoms with van der Waals surface area (Å²) in [5, 5.41) is 7.58. The fourth-order valence-corrected chi connectivity index (χ4v) is 2.85. The predicted molar refractivity (Wildman–Crippen MR) is 78.6 cm³/mol. The molecular weight excluding hydrogens is 266 g/mol. The van der Waals surface area contributed by atoms with Crippen LogP contribution in [-0.2, 0) is 13.6 Å². The molecular formula is C15H23N5O. The quantitative estimate of drug-likeness (QED) is 0.916. The number of nitrogens with zero attached hydrogens (tertiary/aromatic N) is 4. The Bertz CT molecular complexity index is 570. The highest BCUT2D eigenvalue weighted by atomic mass is 16.5. The maximum Gasteiger partial charge on any atom is 0.243 e. The minimum absolute atomic E-state index is 0.0461. The van der Waals surface area contributed by atoms with Gasteiger partial charge in [0, 0.05) is 25.7 Å². The standard InChI is InChI=1S/C15H23N5O/c1-11(17-9-13-8-16-10-20(13)2)15-18-14(19-21-15)12-6-4-3-5-7-12/h8,10-12,17H,3-7,9H2,1-2H3. The van der Waals surface area contributed by atoms with Crippen molar-refractivity contribution in [2.45, 2.75) is 57.5 Å². The van der Waals surface area contributed by atoms with Crippen molar-refractivity contribution in [1.29, 1.82) is 0 Å². The Balaban J connectivity index is 1.58. The van der Waals surface area contributed by atoms with Gasteiger partial charge < -0.3 is 14.4 Å². The van der Waals surface area contributed by atoms with Crippen molar-refractivity contribution < 1.29 is 4.52 Å². The van der Waals surface area contributed by atoms with E-state index >= 15 is 0 Å². The monoisotopic (exact) mass is 289 g/mol. The predicted octanol–water partition coefficient (Wildman–Crippen LogP) is 2.70. The molecule has 1 N–H and O–H groups in total. The number of hydrogen-bond donors (Lipinski definition) is 1. The van der Waals surface area contributed by atoms with Crippen LogP contribution in [0, 0.1) is 0 Å². The van der Waals surface area contributed by atoms with Crippen molar-refractivity contribution in [3.63, 3.8) is 0 Å². The number of nitrogens with one attached hydrogen (secondary N) is 1. The van der Waals surface area contributed by atoms with Crippen LogP contribution in [0.15, 0.2) is 17.0 Å². The lowest BCUT2D eigenvalue weighted by molar-refractivity contribution is 0.328. The third-order valence-corrected chi connectivity index (χ3v) is 4.30. The summed E-state index contributed by atoms with van der Waals surface area (Å²) >= 11 is 0. The molecule has 1 aliphatic carbocycles. The van der Waals surface area contributed by atoms with Crippen LogP contribution in [0.1, 0.15) is 68.4 Å². The topological polar surface area (TPSA) is 68.8 Å². The van der Waals surface area contributed by atoms with Crippen molar-refractivity contribution in [1.82, 2.24) is 25.0 Å². The van der Waals surface area contributed by atoms with E-state index in [1.54, 1.807) is 6.33 Å². The summed E-state index contributed by atoms with van der Waals surface area (Å²) < 4.78 is 7.43. The Hall–Kier alpha value is -1.69. The van der Waals surface area contributed by atoms with Crippen molar-refractivity contribution in [3.05, 3.63) is 29.9 Å². The Morgan fingerprint density at radius 2 is 2.19 bits per heavy atom. The van der Waals surface area contributed by atoms with Gasteiger partial charge in [-0.25, -0.2) is 4.98 Å². The van der Waals surface area contributed by atoms with Gasteiger partial charge in [0.2, 0.25) is 5.89 Å². The molecule has 0 bridgehead atoms. The first-order valence-corrected chi connectivity index (χ1v) is 7.76. The van der Waals surface area contributed by atoms with Crippen LogP contribution in [0.5, 0.6) is 0 Å². The first-order chi connectivity index (χ1) is 10.2. The average Bonchev–Trinajstić information content (AvgIpc) is 3.15. The van der Waals surface area contributed by atoms with Crippen LogP contribution in [0.4, 0.5) is 0 Å². The third kappa shape index (κ3) is 3.32. The first kappa shape index (κ1) is 14.3. The second kappa shape index (κ2) is 6.39. The zero-order chi connectivity index (χ0) is 14.7. The summed E-state index contributed by atoms with van der Waals surface area (Å²) in [4.78, 5) is 8.70. The summed E-state index contributed by atoms with van der Waals surface area (Å²) in [6, 6.07) is 0.0461. The van der Waals surface area contributed by atoms with E-state index in [1.165, 1.54) is 32.1 Å². The molecule has 1 fully saturated rings. The molecule has 0 amide bonds. The Morgan fingerprint density at radius 1 is 1.38 bits per heavy atom. The molecule has 0 aromatic carbocycles. The number of imidazole rings is 1. The SMILES string of the molecule is CC(NCc1cncn1C)c1nc(C2CCCCC2)no1. The highest BCUT2D eigenvalue weighted by molar-refractivity contribution is 5.01. The third-order valence-electron chi connectivity index (χ3n) is 4.30. The van der Waals surface area contributed by atoms with Crippen LogP contribution in [0.2, 0.25) is 0 Å². The van der Waals surface area contributed by atoms with Crippen molar-refractivity contribution in [3.8, 4) is 0 Å². The van der Waals surface area contributed by atoms with E-state index in [4.69, 9.17) is 4.52 Å². The smallest absolute Gasteiger partial charge is 0.243 e. The molecule has 1 aliphatic rings. The number of aryl methyl sites for hydroxylation is 1. The van der Waals surface area contributed by atoms with Gasteiger partial charge in [0.05, 0.1) is 18.1 Å². The van der Waals surface area contributed by atoms with Crippen molar-refractivity contribution in [2.75, 3.05) is 0 Å². The molecule has 21 heavy (non-hydrogen) atoms. The second-order valence-electron chi connectivity index (χ2n) is 5.92. The molecule has 2 aromatic rings. The summed E-state index contributed by atoms with van der Waals surface area (Å²) in [5.41, 5.74) is 1.13. The largest absolute Gasteiger partial charge is 0.338 e. The molecule has 0 aliphatic heterocycles. The van der Waals surface area contributed by atoms with Crippen LogP contribution in [0.25, 0.3) is 0 Å². The Labute approximate surface area is 125 Å². The van der Waals surface area contributed by atoms with Gasteiger partial charge >= 0.3 is 0 Å². The highest BCUT2D eigenvalue weighted by Crippen LogP contribution is 2.31. The number of hydrogen-bond acceptors (Lipinski definition) is 5. The summed E-state index contributed by atoms with van der Waals surface area (Å²) in [6.07, 6.45) is 9.94. The zero-order valence-electron chi connectivity index (χ0n) is 12.7. The molecule has 114 valence electrons. The molecule has 1 saturated carbocycles. The van der Waals surface area contributed by atoms with Gasteiger partial charge in [0.15, 0.2) is 5.82 Å². The molecule has 1 unspecified atom stereocenters. The average molecular weight is 289 g/mol. The van der Waals surface area contributed by atoms with Crippen molar-refractivity contribution >= 4 is 0 Å². The van der Waals surface area contributed by atoms with Crippen LogP contribution < -0.4 is 5.32 Å². The molecule has 0 saturated heterocycles. The van der Waals surface area contributed by atoms with Gasteiger partial charge in [-0.3, -0.25) is 0 Å². The first-order valence-electron chi connectivity index (χ1n) is 7.76. The lowest BCUT2D eigenvalue weighted by atomic mass is 9.89. The zero-order valence-corrected chi connectivity index (χ0v) is 12.7. The molecule has 3 rings (SSSR count). The van der Waals surface area contributed by atoms with Gasteiger partial charge in [0.1, 0.15) is 0 Å². The highest BCUT2D eigenvalue weighted by Gasteiger charge is 2.22. The molecule has 1 atom stereocenters. The Kier molecular flexibility index (Phi) is 4.34. The lowest BCUT2D eigenvalue weighted by Gasteiger charge is -2.17. The molecule has 6 nitrogen and oxygen atoms in total. The van der Waals surface area contributed by atoms with Crippen LogP contribution >= 0.6 is 0 Å². The van der Waals surface area contributed by atoms with Crippen molar-refractivity contribution in [2.24, 2.45) is 7.05 Å². The van der Waals surface area contributed by atoms with Crippen LogP contribution in [-0.4, -0.2) is 19.7 Å². The molecule has 6 heteroatoms. The Morgan fingerprint density at radius 3 is 2.90 bits per heavy atom. The number of aromatic nitrogens is 4. The van der Waals surface area contributed by atoms with Gasteiger partial charge in [-0.1, -0.05) is 24.4 Å². The fraction of sp³-hybridized carbons (Fsp3) is 0.667. The fourth-order valence-electron chi connectivity index (χ4n) is 2.85. The molecule has 2 aromatic heterocycles. The van der Waals surface area contributed by atoms with E-state index in [9.17, 15) is 0 Å². The minimum atomic E-state index is 0.0461. The van der Waals surface area contributed by atoms with E-state index in [2.05, 4.69) is 27.4 Å². The van der Waals surface area contributed by atoms with E-state index < -0.39 is 0 Å². The second-order valence-corrected chi connectivity index (χ2v) is 5.92. The lowest BCUT2D eigenvalue weighted by Crippen LogP contribution is -2.20. The van der Waals surface area contributed by atoms with Gasteiger partial charge in [-0.15, -0.1) is 0 Å².